The fraction of sp³-hybridized carbons (Fsp3) is 0.636. The summed E-state index contributed by atoms with van der Waals surface area (Å²) in [5, 5.41) is 8.31. The molecule has 0 aliphatic carbocycles. The van der Waals surface area contributed by atoms with E-state index in [0.717, 1.165) is 6.42 Å². The molecule has 0 amide bonds. The Labute approximate surface area is 94.7 Å². The van der Waals surface area contributed by atoms with Crippen molar-refractivity contribution in [3.63, 3.8) is 0 Å². The number of rotatable bonds is 9. The molecule has 0 fully saturated rings. The second-order valence-corrected chi connectivity index (χ2v) is 3.08. The predicted molar refractivity (Wildman–Crippen MR) is 56.7 cm³/mol. The van der Waals surface area contributed by atoms with E-state index in [-0.39, 0.29) is 19.4 Å². The van der Waals surface area contributed by atoms with Crippen LogP contribution in [-0.4, -0.2) is 36.9 Å². The van der Waals surface area contributed by atoms with Gasteiger partial charge in [0.25, 0.3) is 0 Å². The molecule has 0 bridgehead atoms. The number of carboxylic acid groups (broad SMARTS) is 1. The molecule has 0 aromatic carbocycles. The molecule has 0 radical (unpaired) electrons. The van der Waals surface area contributed by atoms with Gasteiger partial charge in [-0.15, -0.1) is 6.42 Å². The van der Waals surface area contributed by atoms with Gasteiger partial charge < -0.3 is 14.6 Å². The zero-order valence-electron chi connectivity index (χ0n) is 9.11. The highest BCUT2D eigenvalue weighted by atomic mass is 16.5. The molecule has 0 rings (SSSR count). The maximum absolute atomic E-state index is 10.9. The van der Waals surface area contributed by atoms with Crippen molar-refractivity contribution in [2.24, 2.45) is 0 Å². The maximum Gasteiger partial charge on any atom is 0.306 e. The van der Waals surface area contributed by atoms with Gasteiger partial charge in [0.15, 0.2) is 0 Å². The number of carbonyl (C=O) groups is 2. The molecule has 0 unspecified atom stereocenters. The molecule has 5 nitrogen and oxygen atoms in total. The molecule has 0 aromatic rings. The standard InChI is InChI=1S/C11H16O5/c1-2-7-15-8-3-4-9-16-11(14)6-5-10(12)13/h1H,3-9H2,(H,12,13). The first-order chi connectivity index (χ1) is 7.66. The number of aliphatic carboxylic acids is 1. The first-order valence-electron chi connectivity index (χ1n) is 5.05. The van der Waals surface area contributed by atoms with E-state index >= 15 is 0 Å². The van der Waals surface area contributed by atoms with E-state index in [1.54, 1.807) is 0 Å². The van der Waals surface area contributed by atoms with Crippen molar-refractivity contribution in [3.05, 3.63) is 0 Å². The smallest absolute Gasteiger partial charge is 0.306 e. The number of esters is 1. The zero-order valence-corrected chi connectivity index (χ0v) is 9.11. The third-order valence-corrected chi connectivity index (χ3v) is 1.67. The number of ether oxygens (including phenoxy) is 2. The summed E-state index contributed by atoms with van der Waals surface area (Å²) in [6.07, 6.45) is 6.15. The molecule has 0 aromatic heterocycles. The van der Waals surface area contributed by atoms with E-state index in [4.69, 9.17) is 21.0 Å². The van der Waals surface area contributed by atoms with Gasteiger partial charge in [-0.1, -0.05) is 5.92 Å². The lowest BCUT2D eigenvalue weighted by molar-refractivity contribution is -0.147. The Balaban J connectivity index is 3.22. The van der Waals surface area contributed by atoms with Gasteiger partial charge in [0.05, 0.1) is 19.4 Å². The molecule has 16 heavy (non-hydrogen) atoms. The average Bonchev–Trinajstić information content (AvgIpc) is 2.25. The van der Waals surface area contributed by atoms with Crippen LogP contribution in [-0.2, 0) is 19.1 Å². The van der Waals surface area contributed by atoms with Crippen molar-refractivity contribution in [1.82, 2.24) is 0 Å². The van der Waals surface area contributed by atoms with Crippen LogP contribution < -0.4 is 0 Å². The Bertz CT molecular complexity index is 254. The van der Waals surface area contributed by atoms with Gasteiger partial charge in [0.1, 0.15) is 6.61 Å². The number of unbranched alkanes of at least 4 members (excludes halogenated alkanes) is 1. The van der Waals surface area contributed by atoms with E-state index in [1.807, 2.05) is 0 Å². The quantitative estimate of drug-likeness (QED) is 0.359. The summed E-state index contributed by atoms with van der Waals surface area (Å²) in [6, 6.07) is 0. The van der Waals surface area contributed by atoms with Crippen LogP contribution in [0, 0.1) is 12.3 Å². The number of carbonyl (C=O) groups excluding carboxylic acids is 1. The summed E-state index contributed by atoms with van der Waals surface area (Å²) in [6.45, 7) is 1.12. The van der Waals surface area contributed by atoms with E-state index in [0.29, 0.717) is 19.6 Å². The van der Waals surface area contributed by atoms with Gasteiger partial charge in [-0.25, -0.2) is 0 Å². The Kier molecular flexibility index (Phi) is 9.03. The van der Waals surface area contributed by atoms with Crippen LogP contribution in [0.5, 0.6) is 0 Å². The summed E-state index contributed by atoms with van der Waals surface area (Å²) in [4.78, 5) is 21.1. The molecule has 0 atom stereocenters. The molecule has 0 spiro atoms. The highest BCUT2D eigenvalue weighted by Gasteiger charge is 2.05. The van der Waals surface area contributed by atoms with Crippen LogP contribution >= 0.6 is 0 Å². The SMILES string of the molecule is C#CCOCCCCOC(=O)CCC(=O)O. The monoisotopic (exact) mass is 228 g/mol. The molecule has 0 aliphatic rings. The van der Waals surface area contributed by atoms with Crippen LogP contribution in [0.4, 0.5) is 0 Å². The predicted octanol–water partition coefficient (Wildman–Crippen LogP) is 0.824. The number of hydrogen-bond acceptors (Lipinski definition) is 4. The fourth-order valence-electron chi connectivity index (χ4n) is 0.904. The molecule has 0 saturated carbocycles. The lowest BCUT2D eigenvalue weighted by atomic mass is 10.3. The molecule has 0 heterocycles. The van der Waals surface area contributed by atoms with Crippen LogP contribution in [0.15, 0.2) is 0 Å². The van der Waals surface area contributed by atoms with Gasteiger partial charge in [-0.05, 0) is 12.8 Å². The van der Waals surface area contributed by atoms with Crippen LogP contribution in [0.25, 0.3) is 0 Å². The second-order valence-electron chi connectivity index (χ2n) is 3.08. The molecule has 0 aliphatic heterocycles. The summed E-state index contributed by atoms with van der Waals surface area (Å²) in [5.41, 5.74) is 0. The van der Waals surface area contributed by atoms with Gasteiger partial charge in [0.2, 0.25) is 0 Å². The molecule has 90 valence electrons. The highest BCUT2D eigenvalue weighted by Crippen LogP contribution is 1.96. The van der Waals surface area contributed by atoms with E-state index < -0.39 is 11.9 Å². The summed E-state index contributed by atoms with van der Waals surface area (Å²) in [5.74, 6) is 0.861. The fourth-order valence-corrected chi connectivity index (χ4v) is 0.904. The van der Waals surface area contributed by atoms with Gasteiger partial charge in [-0.3, -0.25) is 9.59 Å². The largest absolute Gasteiger partial charge is 0.481 e. The molecular formula is C11H16O5. The van der Waals surface area contributed by atoms with Crippen LogP contribution in [0.1, 0.15) is 25.7 Å². The van der Waals surface area contributed by atoms with Crippen molar-refractivity contribution < 1.29 is 24.2 Å². The highest BCUT2D eigenvalue weighted by molar-refractivity contribution is 5.76. The lowest BCUT2D eigenvalue weighted by Gasteiger charge is -2.03. The minimum atomic E-state index is -1.00. The molecule has 5 heteroatoms. The Morgan fingerprint density at radius 3 is 2.50 bits per heavy atom. The lowest BCUT2D eigenvalue weighted by Crippen LogP contribution is -2.09. The minimum Gasteiger partial charge on any atom is -0.481 e. The van der Waals surface area contributed by atoms with Gasteiger partial charge >= 0.3 is 11.9 Å². The molecule has 1 N–H and O–H groups in total. The normalized spacial score (nSPS) is 9.44. The van der Waals surface area contributed by atoms with Crippen LogP contribution in [0.3, 0.4) is 0 Å². The second kappa shape index (κ2) is 9.99. The Morgan fingerprint density at radius 1 is 1.19 bits per heavy atom. The number of carboxylic acids is 1. The van der Waals surface area contributed by atoms with Crippen molar-refractivity contribution in [2.75, 3.05) is 19.8 Å². The summed E-state index contributed by atoms with van der Waals surface area (Å²) in [7, 11) is 0. The first-order valence-corrected chi connectivity index (χ1v) is 5.05. The number of terminal acetylenes is 1. The van der Waals surface area contributed by atoms with Crippen LogP contribution in [0.2, 0.25) is 0 Å². The van der Waals surface area contributed by atoms with Crippen molar-refractivity contribution in [2.45, 2.75) is 25.7 Å². The zero-order chi connectivity index (χ0) is 12.2. The van der Waals surface area contributed by atoms with E-state index in [9.17, 15) is 9.59 Å². The minimum absolute atomic E-state index is 0.0804. The van der Waals surface area contributed by atoms with E-state index in [2.05, 4.69) is 5.92 Å². The average molecular weight is 228 g/mol. The third-order valence-electron chi connectivity index (χ3n) is 1.67. The number of hydrogen-bond donors (Lipinski definition) is 1. The Hall–Kier alpha value is -1.54. The van der Waals surface area contributed by atoms with Crippen molar-refractivity contribution in [3.8, 4) is 12.3 Å². The first kappa shape index (κ1) is 14.5. The van der Waals surface area contributed by atoms with Crippen molar-refractivity contribution in [1.29, 1.82) is 0 Å². The summed E-state index contributed by atoms with van der Waals surface area (Å²) < 4.78 is 9.82. The topological polar surface area (TPSA) is 72.8 Å². The van der Waals surface area contributed by atoms with Gasteiger partial charge in [0, 0.05) is 6.61 Å². The Morgan fingerprint density at radius 2 is 1.88 bits per heavy atom. The van der Waals surface area contributed by atoms with Gasteiger partial charge in [-0.2, -0.15) is 0 Å². The van der Waals surface area contributed by atoms with Crippen molar-refractivity contribution >= 4 is 11.9 Å². The molecule has 0 saturated heterocycles. The van der Waals surface area contributed by atoms with E-state index in [1.165, 1.54) is 0 Å². The maximum atomic E-state index is 10.9. The molecular weight excluding hydrogens is 212 g/mol. The third kappa shape index (κ3) is 10.5. The summed E-state index contributed by atoms with van der Waals surface area (Å²) >= 11 is 0.